The summed E-state index contributed by atoms with van der Waals surface area (Å²) in [5.41, 5.74) is 2.54. The summed E-state index contributed by atoms with van der Waals surface area (Å²) in [6, 6.07) is 8.03. The number of pyridine rings is 1. The van der Waals surface area contributed by atoms with Crippen molar-refractivity contribution < 1.29 is 9.72 Å². The molecule has 1 amide bonds. The van der Waals surface area contributed by atoms with Crippen LogP contribution in [0.15, 0.2) is 42.7 Å². The molecule has 7 heteroatoms. The summed E-state index contributed by atoms with van der Waals surface area (Å²) in [5, 5.41) is 16.5. The van der Waals surface area contributed by atoms with E-state index in [4.69, 9.17) is 0 Å². The molecule has 0 unspecified atom stereocenters. The Morgan fingerprint density at radius 3 is 2.65 bits per heavy atom. The summed E-state index contributed by atoms with van der Waals surface area (Å²) in [6.07, 6.45) is 4.35. The van der Waals surface area contributed by atoms with Gasteiger partial charge in [0.05, 0.1) is 16.8 Å². The normalized spacial score (nSPS) is 10.1. The van der Waals surface area contributed by atoms with E-state index in [-0.39, 0.29) is 11.6 Å². The highest BCUT2D eigenvalue weighted by Crippen LogP contribution is 2.15. The van der Waals surface area contributed by atoms with Crippen LogP contribution in [0.2, 0.25) is 0 Å². The van der Waals surface area contributed by atoms with E-state index < -0.39 is 4.92 Å². The Hall–Kier alpha value is -2.96. The summed E-state index contributed by atoms with van der Waals surface area (Å²) in [5.74, 6) is -0.0633. The molecule has 0 saturated carbocycles. The van der Waals surface area contributed by atoms with E-state index in [1.54, 1.807) is 24.5 Å². The van der Waals surface area contributed by atoms with Crippen molar-refractivity contribution in [2.45, 2.75) is 19.8 Å². The summed E-state index contributed by atoms with van der Waals surface area (Å²) in [7, 11) is 0. The maximum absolute atomic E-state index is 11.9. The monoisotopic (exact) mass is 314 g/mol. The SMILES string of the molecule is Cc1ccncc1NC(=O)CCCNc1ccc([N+](=O)[O-])cc1. The van der Waals surface area contributed by atoms with Gasteiger partial charge in [-0.2, -0.15) is 0 Å². The van der Waals surface area contributed by atoms with Gasteiger partial charge in [-0.25, -0.2) is 0 Å². The van der Waals surface area contributed by atoms with Gasteiger partial charge in [-0.3, -0.25) is 19.9 Å². The standard InChI is InChI=1S/C16H18N4O3/c1-12-8-10-17-11-15(12)19-16(21)3-2-9-18-13-4-6-14(7-5-13)20(22)23/h4-8,10-11,18H,2-3,9H2,1H3,(H,19,21). The van der Waals surface area contributed by atoms with Gasteiger partial charge in [-0.15, -0.1) is 0 Å². The highest BCUT2D eigenvalue weighted by atomic mass is 16.6. The molecular formula is C16H18N4O3. The number of carbonyl (C=O) groups excluding carboxylic acids is 1. The molecule has 23 heavy (non-hydrogen) atoms. The zero-order chi connectivity index (χ0) is 16.7. The van der Waals surface area contributed by atoms with E-state index in [0.717, 1.165) is 16.9 Å². The van der Waals surface area contributed by atoms with Gasteiger partial charge >= 0.3 is 0 Å². The molecule has 1 aromatic heterocycles. The molecule has 0 aliphatic rings. The number of hydrogen-bond donors (Lipinski definition) is 2. The van der Waals surface area contributed by atoms with Crippen LogP contribution in [-0.4, -0.2) is 22.4 Å². The van der Waals surface area contributed by atoms with E-state index in [1.807, 2.05) is 13.0 Å². The number of nitrogens with zero attached hydrogens (tertiary/aromatic N) is 2. The Balaban J connectivity index is 1.71. The number of non-ortho nitro benzene ring substituents is 1. The predicted octanol–water partition coefficient (Wildman–Crippen LogP) is 3.13. The Kier molecular flexibility index (Phi) is 5.62. The summed E-state index contributed by atoms with van der Waals surface area (Å²) in [6.45, 7) is 2.52. The smallest absolute Gasteiger partial charge is 0.269 e. The number of amides is 1. The molecule has 2 rings (SSSR count). The number of nitro benzene ring substituents is 1. The molecule has 0 aliphatic carbocycles. The van der Waals surface area contributed by atoms with Gasteiger partial charge in [0, 0.05) is 37.0 Å². The van der Waals surface area contributed by atoms with Crippen molar-refractivity contribution >= 4 is 23.0 Å². The number of nitrogens with one attached hydrogen (secondary N) is 2. The number of carbonyl (C=O) groups is 1. The lowest BCUT2D eigenvalue weighted by Gasteiger charge is -2.08. The van der Waals surface area contributed by atoms with Gasteiger partial charge in [0.25, 0.3) is 5.69 Å². The zero-order valence-electron chi connectivity index (χ0n) is 12.8. The second kappa shape index (κ2) is 7.88. The minimum Gasteiger partial charge on any atom is -0.385 e. The van der Waals surface area contributed by atoms with Crippen molar-refractivity contribution in [1.82, 2.24) is 4.98 Å². The van der Waals surface area contributed by atoms with E-state index in [9.17, 15) is 14.9 Å². The number of nitro groups is 1. The van der Waals surface area contributed by atoms with Crippen LogP contribution in [0.5, 0.6) is 0 Å². The molecule has 0 bridgehead atoms. The van der Waals surface area contributed by atoms with Gasteiger partial charge in [-0.1, -0.05) is 0 Å². The highest BCUT2D eigenvalue weighted by molar-refractivity contribution is 5.91. The maximum Gasteiger partial charge on any atom is 0.269 e. The van der Waals surface area contributed by atoms with Crippen molar-refractivity contribution in [3.63, 3.8) is 0 Å². The lowest BCUT2D eigenvalue weighted by molar-refractivity contribution is -0.384. The second-order valence-electron chi connectivity index (χ2n) is 5.07. The minimum atomic E-state index is -0.436. The Morgan fingerprint density at radius 2 is 2.00 bits per heavy atom. The van der Waals surface area contributed by atoms with Crippen molar-refractivity contribution in [2.75, 3.05) is 17.2 Å². The molecule has 1 aromatic carbocycles. The number of benzene rings is 1. The Bertz CT molecular complexity index is 686. The molecule has 0 fully saturated rings. The van der Waals surface area contributed by atoms with Crippen LogP contribution < -0.4 is 10.6 Å². The molecule has 0 spiro atoms. The summed E-state index contributed by atoms with van der Waals surface area (Å²) < 4.78 is 0. The first-order valence-electron chi connectivity index (χ1n) is 7.25. The highest BCUT2D eigenvalue weighted by Gasteiger charge is 2.05. The third kappa shape index (κ3) is 5.06. The molecule has 2 N–H and O–H groups in total. The predicted molar refractivity (Wildman–Crippen MR) is 88.4 cm³/mol. The fourth-order valence-corrected chi connectivity index (χ4v) is 1.99. The quantitative estimate of drug-likeness (QED) is 0.465. The molecule has 0 aliphatic heterocycles. The van der Waals surface area contributed by atoms with Crippen LogP contribution in [0.4, 0.5) is 17.1 Å². The van der Waals surface area contributed by atoms with E-state index in [0.29, 0.717) is 19.4 Å². The minimum absolute atomic E-state index is 0.0572. The molecule has 0 atom stereocenters. The van der Waals surface area contributed by atoms with Gasteiger partial charge in [0.1, 0.15) is 0 Å². The van der Waals surface area contributed by atoms with Gasteiger partial charge < -0.3 is 10.6 Å². The largest absolute Gasteiger partial charge is 0.385 e. The number of rotatable bonds is 7. The average Bonchev–Trinajstić information content (AvgIpc) is 2.54. The molecule has 1 heterocycles. The lowest BCUT2D eigenvalue weighted by atomic mass is 10.2. The first-order valence-corrected chi connectivity index (χ1v) is 7.25. The van der Waals surface area contributed by atoms with Crippen molar-refractivity contribution in [1.29, 1.82) is 0 Å². The summed E-state index contributed by atoms with van der Waals surface area (Å²) >= 11 is 0. The van der Waals surface area contributed by atoms with Crippen LogP contribution in [0.3, 0.4) is 0 Å². The molecule has 2 aromatic rings. The second-order valence-corrected chi connectivity index (χ2v) is 5.07. The van der Waals surface area contributed by atoms with Crippen molar-refractivity contribution in [2.24, 2.45) is 0 Å². The molecule has 120 valence electrons. The van der Waals surface area contributed by atoms with Crippen molar-refractivity contribution in [3.8, 4) is 0 Å². The first-order chi connectivity index (χ1) is 11.1. The number of hydrogen-bond acceptors (Lipinski definition) is 5. The Labute approximate surface area is 133 Å². The van der Waals surface area contributed by atoms with E-state index >= 15 is 0 Å². The van der Waals surface area contributed by atoms with E-state index in [2.05, 4.69) is 15.6 Å². The van der Waals surface area contributed by atoms with Gasteiger partial charge in [0.15, 0.2) is 0 Å². The van der Waals surface area contributed by atoms with Crippen LogP contribution in [0.25, 0.3) is 0 Å². The topological polar surface area (TPSA) is 97.2 Å². The van der Waals surface area contributed by atoms with Gasteiger partial charge in [-0.05, 0) is 37.1 Å². The molecular weight excluding hydrogens is 296 g/mol. The lowest BCUT2D eigenvalue weighted by Crippen LogP contribution is -2.14. The van der Waals surface area contributed by atoms with Gasteiger partial charge in [0.2, 0.25) is 5.91 Å². The fraction of sp³-hybridized carbons (Fsp3) is 0.250. The van der Waals surface area contributed by atoms with Crippen LogP contribution in [-0.2, 0) is 4.79 Å². The third-order valence-electron chi connectivity index (χ3n) is 3.30. The van der Waals surface area contributed by atoms with Crippen LogP contribution in [0.1, 0.15) is 18.4 Å². The number of aromatic nitrogens is 1. The van der Waals surface area contributed by atoms with E-state index in [1.165, 1.54) is 12.1 Å². The van der Waals surface area contributed by atoms with Crippen LogP contribution in [0, 0.1) is 17.0 Å². The van der Waals surface area contributed by atoms with Crippen LogP contribution >= 0.6 is 0 Å². The molecule has 7 nitrogen and oxygen atoms in total. The number of aryl methyl sites for hydroxylation is 1. The van der Waals surface area contributed by atoms with Crippen molar-refractivity contribution in [3.05, 3.63) is 58.4 Å². The fourth-order valence-electron chi connectivity index (χ4n) is 1.99. The third-order valence-corrected chi connectivity index (χ3v) is 3.30. The molecule has 0 saturated heterocycles. The zero-order valence-corrected chi connectivity index (χ0v) is 12.8. The molecule has 0 radical (unpaired) electrons. The maximum atomic E-state index is 11.9. The average molecular weight is 314 g/mol. The number of anilines is 2. The Morgan fingerprint density at radius 1 is 1.26 bits per heavy atom. The summed E-state index contributed by atoms with van der Waals surface area (Å²) in [4.78, 5) is 26.0. The first kappa shape index (κ1) is 16.4.